The Morgan fingerprint density at radius 2 is 1.82 bits per heavy atom. The molecule has 2 aromatic rings. The molecule has 0 aliphatic rings. The summed E-state index contributed by atoms with van der Waals surface area (Å²) in [5.41, 5.74) is 3.45. The molecule has 1 atom stereocenters. The van der Waals surface area contributed by atoms with Gasteiger partial charge in [0, 0.05) is 0 Å². The Hall–Kier alpha value is -2.29. The Morgan fingerprint density at radius 3 is 2.45 bits per heavy atom. The van der Waals surface area contributed by atoms with Gasteiger partial charge in [-0.2, -0.15) is 0 Å². The fraction of sp³-hybridized carbons (Fsp3) is 0.316. The topological polar surface area (TPSA) is 38.3 Å². The molecular formula is C19H23NO2. The van der Waals surface area contributed by atoms with Gasteiger partial charge >= 0.3 is 0 Å². The second-order valence-electron chi connectivity index (χ2n) is 5.54. The lowest BCUT2D eigenvalue weighted by atomic mass is 10.0. The van der Waals surface area contributed by atoms with E-state index in [9.17, 15) is 4.79 Å². The van der Waals surface area contributed by atoms with Crippen molar-refractivity contribution < 1.29 is 9.53 Å². The zero-order chi connectivity index (χ0) is 15.9. The van der Waals surface area contributed by atoms with Crippen LogP contribution in [0, 0.1) is 13.8 Å². The molecule has 0 heterocycles. The van der Waals surface area contributed by atoms with Gasteiger partial charge < -0.3 is 10.1 Å². The number of ether oxygens (including phenoxy) is 1. The number of nitrogens with one attached hydrogen (secondary N) is 1. The molecule has 0 fully saturated rings. The van der Waals surface area contributed by atoms with Crippen LogP contribution in [0.25, 0.3) is 0 Å². The molecule has 0 saturated heterocycles. The van der Waals surface area contributed by atoms with Gasteiger partial charge in [-0.3, -0.25) is 4.79 Å². The van der Waals surface area contributed by atoms with Crippen LogP contribution in [0.3, 0.4) is 0 Å². The molecule has 0 aliphatic carbocycles. The molecule has 1 amide bonds. The lowest BCUT2D eigenvalue weighted by molar-refractivity contribution is -0.123. The summed E-state index contributed by atoms with van der Waals surface area (Å²) in [5.74, 6) is 0.618. The van der Waals surface area contributed by atoms with Crippen molar-refractivity contribution >= 4 is 5.91 Å². The molecular weight excluding hydrogens is 274 g/mol. The molecule has 3 heteroatoms. The van der Waals surface area contributed by atoms with Crippen molar-refractivity contribution in [1.29, 1.82) is 0 Å². The quantitative estimate of drug-likeness (QED) is 0.876. The van der Waals surface area contributed by atoms with Gasteiger partial charge in [-0.25, -0.2) is 0 Å². The van der Waals surface area contributed by atoms with E-state index < -0.39 is 0 Å². The van der Waals surface area contributed by atoms with Crippen molar-refractivity contribution in [3.8, 4) is 5.75 Å². The highest BCUT2D eigenvalue weighted by atomic mass is 16.5. The summed E-state index contributed by atoms with van der Waals surface area (Å²) in [6.07, 6.45) is 0.846. The normalized spacial score (nSPS) is 11.8. The van der Waals surface area contributed by atoms with Crippen molar-refractivity contribution in [2.24, 2.45) is 0 Å². The summed E-state index contributed by atoms with van der Waals surface area (Å²) < 4.78 is 5.54. The molecule has 0 saturated carbocycles. The Balaban J connectivity index is 1.90. The molecule has 0 spiro atoms. The number of benzene rings is 2. The predicted molar refractivity (Wildman–Crippen MR) is 89.0 cm³/mol. The molecule has 116 valence electrons. The molecule has 2 rings (SSSR count). The first kappa shape index (κ1) is 16.1. The largest absolute Gasteiger partial charge is 0.484 e. The van der Waals surface area contributed by atoms with Crippen molar-refractivity contribution in [2.75, 3.05) is 6.61 Å². The molecule has 2 aromatic carbocycles. The molecule has 0 bridgehead atoms. The van der Waals surface area contributed by atoms with Crippen LogP contribution in [0.2, 0.25) is 0 Å². The number of amides is 1. The first-order valence-electron chi connectivity index (χ1n) is 7.64. The summed E-state index contributed by atoms with van der Waals surface area (Å²) in [5, 5.41) is 3.02. The second-order valence-corrected chi connectivity index (χ2v) is 5.54. The van der Waals surface area contributed by atoms with E-state index >= 15 is 0 Å². The fourth-order valence-corrected chi connectivity index (χ4v) is 2.31. The summed E-state index contributed by atoms with van der Waals surface area (Å²) in [6, 6.07) is 16.0. The fourth-order valence-electron chi connectivity index (χ4n) is 2.31. The van der Waals surface area contributed by atoms with Crippen molar-refractivity contribution in [3.63, 3.8) is 0 Å². The molecule has 3 nitrogen and oxygen atoms in total. The third-order valence-corrected chi connectivity index (χ3v) is 3.58. The van der Waals surface area contributed by atoms with E-state index in [1.54, 1.807) is 0 Å². The van der Waals surface area contributed by atoms with Crippen molar-refractivity contribution in [2.45, 2.75) is 33.2 Å². The number of carbonyl (C=O) groups is 1. The molecule has 22 heavy (non-hydrogen) atoms. The number of aryl methyl sites for hydroxylation is 2. The highest BCUT2D eigenvalue weighted by molar-refractivity contribution is 5.78. The number of carbonyl (C=O) groups excluding carboxylic acids is 1. The van der Waals surface area contributed by atoms with E-state index in [2.05, 4.69) is 43.4 Å². The van der Waals surface area contributed by atoms with Crippen LogP contribution < -0.4 is 10.1 Å². The van der Waals surface area contributed by atoms with Gasteiger partial charge in [0.1, 0.15) is 5.75 Å². The smallest absolute Gasteiger partial charge is 0.258 e. The van der Waals surface area contributed by atoms with E-state index in [1.807, 2.05) is 31.2 Å². The Bertz CT molecular complexity index is 620. The van der Waals surface area contributed by atoms with E-state index in [0.29, 0.717) is 0 Å². The first-order valence-corrected chi connectivity index (χ1v) is 7.64. The summed E-state index contributed by atoms with van der Waals surface area (Å²) >= 11 is 0. The van der Waals surface area contributed by atoms with E-state index in [1.165, 1.54) is 5.56 Å². The number of rotatable bonds is 6. The Morgan fingerprint density at radius 1 is 1.09 bits per heavy atom. The maximum absolute atomic E-state index is 12.1. The highest BCUT2D eigenvalue weighted by Crippen LogP contribution is 2.17. The molecule has 0 radical (unpaired) electrons. The summed E-state index contributed by atoms with van der Waals surface area (Å²) in [6.45, 7) is 6.15. The van der Waals surface area contributed by atoms with Gasteiger partial charge in [-0.1, -0.05) is 48.9 Å². The summed E-state index contributed by atoms with van der Waals surface area (Å²) in [7, 11) is 0. The minimum Gasteiger partial charge on any atom is -0.484 e. The maximum Gasteiger partial charge on any atom is 0.258 e. The average molecular weight is 297 g/mol. The van der Waals surface area contributed by atoms with Crippen molar-refractivity contribution in [1.82, 2.24) is 5.32 Å². The van der Waals surface area contributed by atoms with Gasteiger partial charge in [0.2, 0.25) is 0 Å². The van der Waals surface area contributed by atoms with Gasteiger partial charge in [0.25, 0.3) is 5.91 Å². The van der Waals surface area contributed by atoms with Crippen LogP contribution in [0.4, 0.5) is 0 Å². The predicted octanol–water partition coefficient (Wildman–Crippen LogP) is 3.95. The third-order valence-electron chi connectivity index (χ3n) is 3.58. The standard InChI is InChI=1S/C19H23NO2/c1-4-18(16-10-8-14(2)9-11-16)20-19(21)13-22-17-7-5-6-15(3)12-17/h5-12,18H,4,13H2,1-3H3,(H,20,21)/t18-/m0/s1. The van der Waals surface area contributed by atoms with E-state index in [0.717, 1.165) is 23.3 Å². The van der Waals surface area contributed by atoms with E-state index in [-0.39, 0.29) is 18.6 Å². The van der Waals surface area contributed by atoms with Crippen LogP contribution in [-0.2, 0) is 4.79 Å². The molecule has 0 aromatic heterocycles. The van der Waals surface area contributed by atoms with Crippen LogP contribution >= 0.6 is 0 Å². The number of hydrogen-bond acceptors (Lipinski definition) is 2. The van der Waals surface area contributed by atoms with Crippen LogP contribution in [-0.4, -0.2) is 12.5 Å². The average Bonchev–Trinajstić information content (AvgIpc) is 2.52. The number of hydrogen-bond donors (Lipinski definition) is 1. The maximum atomic E-state index is 12.1. The zero-order valence-corrected chi connectivity index (χ0v) is 13.4. The van der Waals surface area contributed by atoms with Crippen LogP contribution in [0.5, 0.6) is 5.75 Å². The lowest BCUT2D eigenvalue weighted by Crippen LogP contribution is -2.32. The Kier molecular flexibility index (Phi) is 5.59. The highest BCUT2D eigenvalue weighted by Gasteiger charge is 2.13. The van der Waals surface area contributed by atoms with Gasteiger partial charge in [-0.05, 0) is 43.5 Å². The second kappa shape index (κ2) is 7.64. The third kappa shape index (κ3) is 4.62. The van der Waals surface area contributed by atoms with Gasteiger partial charge in [0.15, 0.2) is 6.61 Å². The minimum atomic E-state index is -0.103. The Labute approximate surface area is 132 Å². The zero-order valence-electron chi connectivity index (χ0n) is 13.4. The SMILES string of the molecule is CC[C@H](NC(=O)COc1cccc(C)c1)c1ccc(C)cc1. The van der Waals surface area contributed by atoms with Crippen LogP contribution in [0.1, 0.15) is 36.1 Å². The first-order chi connectivity index (χ1) is 10.6. The lowest BCUT2D eigenvalue weighted by Gasteiger charge is -2.18. The van der Waals surface area contributed by atoms with Crippen molar-refractivity contribution in [3.05, 3.63) is 65.2 Å². The molecule has 0 aliphatic heterocycles. The van der Waals surface area contributed by atoms with Crippen LogP contribution in [0.15, 0.2) is 48.5 Å². The minimum absolute atomic E-state index is 0.0224. The summed E-state index contributed by atoms with van der Waals surface area (Å²) in [4.78, 5) is 12.1. The molecule has 1 N–H and O–H groups in total. The monoisotopic (exact) mass is 297 g/mol. The van der Waals surface area contributed by atoms with E-state index in [4.69, 9.17) is 4.74 Å². The van der Waals surface area contributed by atoms with Gasteiger partial charge in [0.05, 0.1) is 6.04 Å². The molecule has 0 unspecified atom stereocenters. The van der Waals surface area contributed by atoms with Gasteiger partial charge in [-0.15, -0.1) is 0 Å².